The molecule has 5 nitrogen and oxygen atoms in total. The summed E-state index contributed by atoms with van der Waals surface area (Å²) in [7, 11) is -1.52. The molecule has 0 amide bonds. The maximum absolute atomic E-state index is 12.0. The number of rotatable bonds is 1. The number of carbonyl (C=O) groups is 1. The SMILES string of the molecule is CC.CC(C)(C)OC(=O)n1ccc2cc(B(O)O)ccc21. The first-order valence-electron chi connectivity index (χ1n) is 6.98. The molecule has 21 heavy (non-hydrogen) atoms. The van der Waals surface area contributed by atoms with Crippen molar-refractivity contribution in [2.45, 2.75) is 40.2 Å². The molecule has 2 aromatic rings. The van der Waals surface area contributed by atoms with E-state index in [1.54, 1.807) is 51.2 Å². The van der Waals surface area contributed by atoms with Crippen LogP contribution in [0.15, 0.2) is 30.5 Å². The van der Waals surface area contributed by atoms with Crippen molar-refractivity contribution in [3.63, 3.8) is 0 Å². The van der Waals surface area contributed by atoms with Crippen LogP contribution < -0.4 is 5.46 Å². The van der Waals surface area contributed by atoms with E-state index in [1.165, 1.54) is 4.57 Å². The van der Waals surface area contributed by atoms with Crippen LogP contribution in [0.1, 0.15) is 34.6 Å². The number of fused-ring (bicyclic) bond motifs is 1. The number of carbonyl (C=O) groups excluding carboxylic acids is 1. The van der Waals surface area contributed by atoms with Crippen molar-refractivity contribution in [1.29, 1.82) is 0 Å². The summed E-state index contributed by atoms with van der Waals surface area (Å²) in [5.74, 6) is 0. The Morgan fingerprint density at radius 2 is 1.81 bits per heavy atom. The number of hydrogen-bond acceptors (Lipinski definition) is 4. The minimum Gasteiger partial charge on any atom is -0.443 e. The maximum Gasteiger partial charge on any atom is 0.488 e. The van der Waals surface area contributed by atoms with Gasteiger partial charge in [-0.05, 0) is 43.8 Å². The van der Waals surface area contributed by atoms with Gasteiger partial charge in [-0.1, -0.05) is 26.0 Å². The predicted molar refractivity (Wildman–Crippen MR) is 84.7 cm³/mol. The molecular weight excluding hydrogens is 269 g/mol. The molecular formula is C15H22BNO4. The molecule has 114 valence electrons. The molecule has 0 unspecified atom stereocenters. The van der Waals surface area contributed by atoms with Crippen molar-refractivity contribution in [1.82, 2.24) is 4.57 Å². The molecule has 0 radical (unpaired) electrons. The average Bonchev–Trinajstić information content (AvgIpc) is 2.81. The van der Waals surface area contributed by atoms with Gasteiger partial charge in [-0.3, -0.25) is 4.57 Å². The van der Waals surface area contributed by atoms with Crippen LogP contribution in [0.4, 0.5) is 4.79 Å². The molecule has 0 fully saturated rings. The van der Waals surface area contributed by atoms with E-state index in [0.29, 0.717) is 11.0 Å². The van der Waals surface area contributed by atoms with Gasteiger partial charge in [0.05, 0.1) is 5.52 Å². The lowest BCUT2D eigenvalue weighted by Crippen LogP contribution is -2.29. The molecule has 0 aliphatic rings. The second-order valence-corrected chi connectivity index (χ2v) is 5.36. The fraction of sp³-hybridized carbons (Fsp3) is 0.400. The average molecular weight is 291 g/mol. The quantitative estimate of drug-likeness (QED) is 0.790. The van der Waals surface area contributed by atoms with E-state index in [2.05, 4.69) is 0 Å². The molecule has 0 atom stereocenters. The smallest absolute Gasteiger partial charge is 0.443 e. The number of aromatic nitrogens is 1. The third kappa shape index (κ3) is 4.34. The highest BCUT2D eigenvalue weighted by Crippen LogP contribution is 2.17. The Bertz CT molecular complexity index is 614. The van der Waals surface area contributed by atoms with Gasteiger partial charge in [0.15, 0.2) is 0 Å². The fourth-order valence-electron chi connectivity index (χ4n) is 1.79. The summed E-state index contributed by atoms with van der Waals surface area (Å²) in [6.45, 7) is 9.41. The highest BCUT2D eigenvalue weighted by molar-refractivity contribution is 6.58. The lowest BCUT2D eigenvalue weighted by Gasteiger charge is -2.19. The molecule has 2 N–H and O–H groups in total. The molecule has 1 aromatic carbocycles. The van der Waals surface area contributed by atoms with E-state index >= 15 is 0 Å². The van der Waals surface area contributed by atoms with Gasteiger partial charge in [-0.15, -0.1) is 0 Å². The molecule has 6 heteroatoms. The Morgan fingerprint density at radius 3 is 2.33 bits per heavy atom. The van der Waals surface area contributed by atoms with Crippen LogP contribution in [0.25, 0.3) is 10.9 Å². The topological polar surface area (TPSA) is 71.7 Å². The lowest BCUT2D eigenvalue weighted by molar-refractivity contribution is 0.0544. The summed E-state index contributed by atoms with van der Waals surface area (Å²) in [4.78, 5) is 12.0. The molecule has 0 saturated heterocycles. The highest BCUT2D eigenvalue weighted by atomic mass is 16.6. The van der Waals surface area contributed by atoms with Crippen molar-refractivity contribution in [2.75, 3.05) is 0 Å². The molecule has 0 aliphatic carbocycles. The minimum atomic E-state index is -1.52. The van der Waals surface area contributed by atoms with Crippen molar-refractivity contribution in [2.24, 2.45) is 0 Å². The summed E-state index contributed by atoms with van der Waals surface area (Å²) in [6.07, 6.45) is 1.14. The summed E-state index contributed by atoms with van der Waals surface area (Å²) in [5.41, 5.74) is 0.489. The van der Waals surface area contributed by atoms with Crippen LogP contribution >= 0.6 is 0 Å². The van der Waals surface area contributed by atoms with Gasteiger partial charge in [0.1, 0.15) is 5.60 Å². The van der Waals surface area contributed by atoms with Gasteiger partial charge in [-0.25, -0.2) is 4.79 Å². The van der Waals surface area contributed by atoms with Crippen molar-refractivity contribution < 1.29 is 19.6 Å². The Hall–Kier alpha value is -1.79. The van der Waals surface area contributed by atoms with Gasteiger partial charge in [-0.2, -0.15) is 0 Å². The number of benzene rings is 1. The van der Waals surface area contributed by atoms with Crippen LogP contribution in [-0.2, 0) is 4.74 Å². The molecule has 0 spiro atoms. The summed E-state index contributed by atoms with van der Waals surface area (Å²) in [6, 6.07) is 6.58. The summed E-state index contributed by atoms with van der Waals surface area (Å²) >= 11 is 0. The highest BCUT2D eigenvalue weighted by Gasteiger charge is 2.19. The Labute approximate surface area is 125 Å². The Balaban J connectivity index is 0.00000106. The van der Waals surface area contributed by atoms with Gasteiger partial charge < -0.3 is 14.8 Å². The Kier molecular flexibility index (Phi) is 5.58. The van der Waals surface area contributed by atoms with Crippen LogP contribution in [-0.4, -0.2) is 33.4 Å². The van der Waals surface area contributed by atoms with Crippen molar-refractivity contribution in [3.8, 4) is 0 Å². The van der Waals surface area contributed by atoms with Crippen molar-refractivity contribution >= 4 is 29.6 Å². The fourth-order valence-corrected chi connectivity index (χ4v) is 1.79. The van der Waals surface area contributed by atoms with Crippen LogP contribution in [0.3, 0.4) is 0 Å². The summed E-state index contributed by atoms with van der Waals surface area (Å²) < 4.78 is 6.69. The van der Waals surface area contributed by atoms with Gasteiger partial charge >= 0.3 is 13.2 Å². The predicted octanol–water partition coefficient (Wildman–Crippen LogP) is 2.13. The van der Waals surface area contributed by atoms with Crippen molar-refractivity contribution in [3.05, 3.63) is 30.5 Å². The molecule has 0 saturated carbocycles. The molecule has 0 aliphatic heterocycles. The van der Waals surface area contributed by atoms with Gasteiger partial charge in [0.2, 0.25) is 0 Å². The van der Waals surface area contributed by atoms with E-state index in [1.807, 2.05) is 13.8 Å². The normalized spacial score (nSPS) is 10.8. The zero-order chi connectivity index (χ0) is 16.2. The van der Waals surface area contributed by atoms with E-state index in [0.717, 1.165) is 5.39 Å². The number of hydrogen-bond donors (Lipinski definition) is 2. The number of ether oxygens (including phenoxy) is 1. The minimum absolute atomic E-state index is 0.384. The lowest BCUT2D eigenvalue weighted by atomic mass is 9.80. The molecule has 0 bridgehead atoms. The zero-order valence-electron chi connectivity index (χ0n) is 13.1. The van der Waals surface area contributed by atoms with Crippen LogP contribution in [0.5, 0.6) is 0 Å². The second-order valence-electron chi connectivity index (χ2n) is 5.36. The first-order chi connectivity index (χ1) is 9.78. The third-order valence-electron chi connectivity index (χ3n) is 2.60. The van der Waals surface area contributed by atoms with E-state index < -0.39 is 18.8 Å². The zero-order valence-corrected chi connectivity index (χ0v) is 13.1. The maximum atomic E-state index is 12.0. The largest absolute Gasteiger partial charge is 0.488 e. The first kappa shape index (κ1) is 17.3. The van der Waals surface area contributed by atoms with E-state index in [-0.39, 0.29) is 0 Å². The summed E-state index contributed by atoms with van der Waals surface area (Å²) in [5, 5.41) is 19.0. The molecule has 2 rings (SSSR count). The van der Waals surface area contributed by atoms with Gasteiger partial charge in [0.25, 0.3) is 0 Å². The molecule has 1 heterocycles. The Morgan fingerprint density at radius 1 is 1.19 bits per heavy atom. The standard InChI is InChI=1S/C13H16BNO4.C2H6/c1-13(2,3)19-12(16)15-7-6-9-8-10(14(17)18)4-5-11(9)15;1-2/h4-8,17-18H,1-3H3;1-2H3. The number of nitrogens with zero attached hydrogens (tertiary/aromatic N) is 1. The monoisotopic (exact) mass is 291 g/mol. The third-order valence-corrected chi connectivity index (χ3v) is 2.60. The van der Waals surface area contributed by atoms with Crippen LogP contribution in [0.2, 0.25) is 0 Å². The van der Waals surface area contributed by atoms with E-state index in [9.17, 15) is 4.79 Å². The van der Waals surface area contributed by atoms with Gasteiger partial charge in [0, 0.05) is 6.20 Å². The molecule has 1 aromatic heterocycles. The van der Waals surface area contributed by atoms with Crippen LogP contribution in [0, 0.1) is 0 Å². The second kappa shape index (κ2) is 6.78. The first-order valence-corrected chi connectivity index (χ1v) is 6.98. The van der Waals surface area contributed by atoms with E-state index in [4.69, 9.17) is 14.8 Å².